The summed E-state index contributed by atoms with van der Waals surface area (Å²) in [5.41, 5.74) is 1.41. The molecular formula is C15H18Br2Cl2. The molecule has 0 bridgehead atoms. The molecule has 0 nitrogen and oxygen atoms in total. The minimum atomic E-state index is 0.241. The van der Waals surface area contributed by atoms with Crippen LogP contribution in [-0.4, -0.2) is 10.7 Å². The Balaban J connectivity index is 2.27. The second kappa shape index (κ2) is 7.15. The lowest BCUT2D eigenvalue weighted by Crippen LogP contribution is -2.35. The minimum Gasteiger partial charge on any atom is -0.0921 e. The normalized spacial score (nSPS) is 17.1. The van der Waals surface area contributed by atoms with E-state index in [4.69, 9.17) is 23.2 Å². The molecule has 0 amide bonds. The Hall–Kier alpha value is 0.760. The minimum absolute atomic E-state index is 0.241. The fraction of sp³-hybridized carbons (Fsp3) is 0.600. The molecule has 0 spiro atoms. The Labute approximate surface area is 142 Å². The van der Waals surface area contributed by atoms with Crippen molar-refractivity contribution in [3.05, 3.63) is 33.8 Å². The maximum atomic E-state index is 6.36. The van der Waals surface area contributed by atoms with Gasteiger partial charge in [-0.2, -0.15) is 0 Å². The average molecular weight is 429 g/mol. The van der Waals surface area contributed by atoms with Gasteiger partial charge in [-0.1, -0.05) is 80.0 Å². The summed E-state index contributed by atoms with van der Waals surface area (Å²) in [4.78, 5) is 0. The maximum Gasteiger partial charge on any atom is 0.0624 e. The number of hydrogen-bond donors (Lipinski definition) is 0. The van der Waals surface area contributed by atoms with Crippen molar-refractivity contribution in [1.82, 2.24) is 0 Å². The van der Waals surface area contributed by atoms with Crippen LogP contribution in [0.25, 0.3) is 0 Å². The molecule has 1 fully saturated rings. The van der Waals surface area contributed by atoms with Crippen LogP contribution in [0.2, 0.25) is 10.0 Å². The van der Waals surface area contributed by atoms with Gasteiger partial charge in [0.1, 0.15) is 0 Å². The summed E-state index contributed by atoms with van der Waals surface area (Å²) in [5.74, 6) is 0.765. The summed E-state index contributed by atoms with van der Waals surface area (Å²) >= 11 is 20.0. The molecule has 0 unspecified atom stereocenters. The molecule has 0 heterocycles. The molecule has 106 valence electrons. The van der Waals surface area contributed by atoms with Gasteiger partial charge in [0, 0.05) is 10.7 Å². The predicted octanol–water partition coefficient (Wildman–Crippen LogP) is 6.50. The van der Waals surface area contributed by atoms with E-state index in [1.165, 1.54) is 31.2 Å². The summed E-state index contributed by atoms with van der Waals surface area (Å²) in [7, 11) is 0. The molecule has 0 aliphatic heterocycles. The van der Waals surface area contributed by atoms with Crippen LogP contribution in [0.4, 0.5) is 0 Å². The van der Waals surface area contributed by atoms with Gasteiger partial charge in [-0.15, -0.1) is 0 Å². The maximum absolute atomic E-state index is 6.36. The largest absolute Gasteiger partial charge is 0.0921 e. The number of halogens is 4. The molecule has 0 aromatic heterocycles. The van der Waals surface area contributed by atoms with Crippen LogP contribution < -0.4 is 0 Å². The van der Waals surface area contributed by atoms with Gasteiger partial charge in [0.2, 0.25) is 0 Å². The summed E-state index contributed by atoms with van der Waals surface area (Å²) in [6.45, 7) is 0. The van der Waals surface area contributed by atoms with Crippen molar-refractivity contribution in [2.75, 3.05) is 10.7 Å². The summed E-state index contributed by atoms with van der Waals surface area (Å²) in [6, 6.07) is 5.95. The Morgan fingerprint density at radius 1 is 1.11 bits per heavy atom. The molecule has 0 atom stereocenters. The number of hydrogen-bond acceptors (Lipinski definition) is 0. The molecule has 19 heavy (non-hydrogen) atoms. The predicted molar refractivity (Wildman–Crippen MR) is 92.1 cm³/mol. The lowest BCUT2D eigenvalue weighted by Gasteiger charge is -2.37. The Morgan fingerprint density at radius 3 is 2.32 bits per heavy atom. The molecular weight excluding hydrogens is 411 g/mol. The highest BCUT2D eigenvalue weighted by Crippen LogP contribution is 2.46. The molecule has 1 aliphatic carbocycles. The van der Waals surface area contributed by atoms with Crippen LogP contribution in [0.3, 0.4) is 0 Å². The third kappa shape index (κ3) is 3.51. The molecule has 0 radical (unpaired) electrons. The van der Waals surface area contributed by atoms with E-state index in [2.05, 4.69) is 37.9 Å². The Bertz CT molecular complexity index is 424. The smallest absolute Gasteiger partial charge is 0.0624 e. The van der Waals surface area contributed by atoms with Gasteiger partial charge in [-0.25, -0.2) is 0 Å². The average Bonchev–Trinajstić information content (AvgIpc) is 2.95. The van der Waals surface area contributed by atoms with Crippen LogP contribution in [0.5, 0.6) is 0 Å². The summed E-state index contributed by atoms with van der Waals surface area (Å²) in [6.07, 6.45) is 6.35. The monoisotopic (exact) mass is 426 g/mol. The highest BCUT2D eigenvalue weighted by Gasteiger charge is 2.39. The van der Waals surface area contributed by atoms with Crippen LogP contribution in [0.1, 0.15) is 31.2 Å². The van der Waals surface area contributed by atoms with Crippen molar-refractivity contribution < 1.29 is 0 Å². The third-order valence-corrected chi connectivity index (χ3v) is 7.42. The zero-order chi connectivity index (χ0) is 13.9. The highest BCUT2D eigenvalue weighted by atomic mass is 79.9. The van der Waals surface area contributed by atoms with Gasteiger partial charge >= 0.3 is 0 Å². The zero-order valence-electron chi connectivity index (χ0n) is 10.8. The lowest BCUT2D eigenvalue weighted by atomic mass is 9.73. The quantitative estimate of drug-likeness (QED) is 0.469. The van der Waals surface area contributed by atoms with E-state index < -0.39 is 0 Å². The van der Waals surface area contributed by atoms with Crippen molar-refractivity contribution in [3.63, 3.8) is 0 Å². The number of alkyl halides is 2. The van der Waals surface area contributed by atoms with Crippen LogP contribution >= 0.6 is 55.1 Å². The SMILES string of the molecule is Clc1cccc(CC(CBr)(CBr)C2CCCC2)c1Cl. The Kier molecular flexibility index (Phi) is 6.08. The number of benzene rings is 1. The van der Waals surface area contributed by atoms with E-state index in [1.54, 1.807) is 0 Å². The second-order valence-electron chi connectivity index (χ2n) is 5.50. The van der Waals surface area contributed by atoms with Gasteiger partial charge in [0.15, 0.2) is 0 Å². The molecule has 0 N–H and O–H groups in total. The van der Waals surface area contributed by atoms with Crippen molar-refractivity contribution in [2.24, 2.45) is 11.3 Å². The van der Waals surface area contributed by atoms with E-state index in [0.717, 1.165) is 23.0 Å². The third-order valence-electron chi connectivity index (χ3n) is 4.33. The van der Waals surface area contributed by atoms with Crippen molar-refractivity contribution in [1.29, 1.82) is 0 Å². The van der Waals surface area contributed by atoms with Crippen molar-refractivity contribution in [2.45, 2.75) is 32.1 Å². The van der Waals surface area contributed by atoms with Gasteiger partial charge < -0.3 is 0 Å². The van der Waals surface area contributed by atoms with Gasteiger partial charge in [-0.05, 0) is 42.2 Å². The zero-order valence-corrected chi connectivity index (χ0v) is 15.5. The van der Waals surface area contributed by atoms with E-state index in [9.17, 15) is 0 Å². The first-order chi connectivity index (χ1) is 9.13. The van der Waals surface area contributed by atoms with Gasteiger partial charge in [0.25, 0.3) is 0 Å². The highest BCUT2D eigenvalue weighted by molar-refractivity contribution is 9.09. The molecule has 1 aromatic carbocycles. The standard InChI is InChI=1S/C15H18Br2Cl2/c16-9-15(10-17,12-5-1-2-6-12)8-11-4-3-7-13(18)14(11)19/h3-4,7,12H,1-2,5-6,8-10H2. The molecule has 4 heteroatoms. The molecule has 0 saturated heterocycles. The van der Waals surface area contributed by atoms with Crippen LogP contribution in [-0.2, 0) is 6.42 Å². The van der Waals surface area contributed by atoms with Crippen LogP contribution in [0, 0.1) is 11.3 Å². The van der Waals surface area contributed by atoms with E-state index >= 15 is 0 Å². The second-order valence-corrected chi connectivity index (χ2v) is 7.41. The first-order valence-corrected chi connectivity index (χ1v) is 9.67. The Morgan fingerprint density at radius 2 is 1.74 bits per heavy atom. The van der Waals surface area contributed by atoms with Crippen LogP contribution in [0.15, 0.2) is 18.2 Å². The van der Waals surface area contributed by atoms with E-state index in [0.29, 0.717) is 10.0 Å². The fourth-order valence-electron chi connectivity index (χ4n) is 3.10. The van der Waals surface area contributed by atoms with Crippen molar-refractivity contribution in [3.8, 4) is 0 Å². The summed E-state index contributed by atoms with van der Waals surface area (Å²) < 4.78 is 0. The molecule has 1 aliphatic rings. The molecule has 1 saturated carbocycles. The van der Waals surface area contributed by atoms with E-state index in [-0.39, 0.29) is 5.41 Å². The van der Waals surface area contributed by atoms with Crippen molar-refractivity contribution >= 4 is 55.1 Å². The number of rotatable bonds is 5. The first kappa shape index (κ1) is 16.1. The van der Waals surface area contributed by atoms with Gasteiger partial charge in [0.05, 0.1) is 10.0 Å². The fourth-order valence-corrected chi connectivity index (χ4v) is 5.72. The van der Waals surface area contributed by atoms with E-state index in [1.807, 2.05) is 12.1 Å². The molecule has 2 rings (SSSR count). The topological polar surface area (TPSA) is 0 Å². The molecule has 1 aromatic rings. The summed E-state index contributed by atoms with van der Waals surface area (Å²) in [5, 5.41) is 3.37. The first-order valence-electron chi connectivity index (χ1n) is 6.68. The van der Waals surface area contributed by atoms with Gasteiger partial charge in [-0.3, -0.25) is 0 Å². The lowest BCUT2D eigenvalue weighted by molar-refractivity contribution is 0.233.